The molecule has 88 valence electrons. The summed E-state index contributed by atoms with van der Waals surface area (Å²) in [4.78, 5) is 0. The molecule has 0 atom stereocenters. The van der Waals surface area contributed by atoms with Crippen LogP contribution < -0.4 is 0 Å². The van der Waals surface area contributed by atoms with Gasteiger partial charge in [-0.2, -0.15) is 0 Å². The van der Waals surface area contributed by atoms with Crippen molar-refractivity contribution in [3.63, 3.8) is 0 Å². The molecule has 0 unspecified atom stereocenters. The molecule has 18 heavy (non-hydrogen) atoms. The van der Waals surface area contributed by atoms with E-state index in [9.17, 15) is 0 Å². The number of hydrogen-bond donors (Lipinski definition) is 0. The van der Waals surface area contributed by atoms with Crippen LogP contribution in [0.1, 0.15) is 0 Å². The molecule has 2 heterocycles. The summed E-state index contributed by atoms with van der Waals surface area (Å²) in [6.07, 6.45) is 0. The molecule has 0 N–H and O–H groups in total. The second-order valence-corrected chi connectivity index (χ2v) is 8.60. The predicted octanol–water partition coefficient (Wildman–Crippen LogP) is 6.09. The monoisotopic (exact) mass is 304 g/mol. The molecule has 0 radical (unpaired) electrons. The molecule has 0 amide bonds. The lowest BCUT2D eigenvalue weighted by molar-refractivity contribution is 1.87. The molecule has 2 aromatic carbocycles. The minimum atomic E-state index is 1.38. The fourth-order valence-corrected chi connectivity index (χ4v) is 7.15. The minimum absolute atomic E-state index is 1.38. The zero-order valence-electron chi connectivity index (χ0n) is 9.25. The number of fused-ring (bicyclic) bond motifs is 2. The van der Waals surface area contributed by atoms with E-state index >= 15 is 0 Å². The summed E-state index contributed by atoms with van der Waals surface area (Å²) in [6.45, 7) is 0. The lowest BCUT2D eigenvalue weighted by atomic mass is 10.4. The van der Waals surface area contributed by atoms with E-state index in [1.807, 2.05) is 45.3 Å². The van der Waals surface area contributed by atoms with Crippen molar-refractivity contribution in [1.82, 2.24) is 0 Å². The Bertz CT molecular complexity index is 783. The van der Waals surface area contributed by atoms with Gasteiger partial charge in [0, 0.05) is 18.8 Å². The number of benzene rings is 2. The van der Waals surface area contributed by atoms with Crippen LogP contribution in [0.3, 0.4) is 0 Å². The summed E-state index contributed by atoms with van der Waals surface area (Å²) in [7, 11) is 0. The lowest BCUT2D eigenvalue weighted by Crippen LogP contribution is -1.69. The Morgan fingerprint density at radius 3 is 1.00 bits per heavy atom. The summed E-state index contributed by atoms with van der Waals surface area (Å²) in [5.41, 5.74) is 0. The Kier molecular flexibility index (Phi) is 2.62. The third kappa shape index (κ3) is 1.77. The first-order chi connectivity index (χ1) is 8.90. The molecule has 0 fully saturated rings. The minimum Gasteiger partial charge on any atom is -0.122 e. The summed E-state index contributed by atoms with van der Waals surface area (Å²) in [5.74, 6) is 0. The highest BCUT2D eigenvalue weighted by atomic mass is 32.2. The summed E-state index contributed by atoms with van der Waals surface area (Å²) in [5, 5.41) is 0. The van der Waals surface area contributed by atoms with E-state index in [1.165, 1.54) is 26.5 Å². The maximum Gasteiger partial charge on any atom is 0.108 e. The van der Waals surface area contributed by atoms with Crippen LogP contribution in [-0.2, 0) is 0 Å². The van der Waals surface area contributed by atoms with Crippen molar-refractivity contribution >= 4 is 64.1 Å². The van der Waals surface area contributed by atoms with Crippen LogP contribution in [0.4, 0.5) is 0 Å². The van der Waals surface area contributed by atoms with E-state index in [2.05, 4.69) is 48.5 Å². The molecule has 2 aromatic rings. The van der Waals surface area contributed by atoms with Crippen molar-refractivity contribution < 1.29 is 0 Å². The third-order valence-corrected chi connectivity index (χ3v) is 8.31. The fourth-order valence-electron chi connectivity index (χ4n) is 1.85. The molecule has 4 rings (SSSR count). The highest BCUT2D eigenvalue weighted by molar-refractivity contribution is 7.41. The second kappa shape index (κ2) is 4.31. The number of hydrogen-bond acceptors (Lipinski definition) is 4. The van der Waals surface area contributed by atoms with Gasteiger partial charge < -0.3 is 0 Å². The first-order valence-corrected chi connectivity index (χ1v) is 8.80. The zero-order valence-corrected chi connectivity index (χ0v) is 12.5. The van der Waals surface area contributed by atoms with Gasteiger partial charge in [0.25, 0.3) is 0 Å². The van der Waals surface area contributed by atoms with Gasteiger partial charge in [0.05, 0.1) is 0 Å². The molecular weight excluding hydrogens is 296 g/mol. The van der Waals surface area contributed by atoms with Crippen molar-refractivity contribution in [3.8, 4) is 0 Å². The van der Waals surface area contributed by atoms with Crippen molar-refractivity contribution in [2.75, 3.05) is 0 Å². The highest BCUT2D eigenvalue weighted by Gasteiger charge is 2.00. The van der Waals surface area contributed by atoms with Crippen LogP contribution in [0, 0.1) is 7.69 Å². The quantitative estimate of drug-likeness (QED) is 0.369. The molecule has 0 bridgehead atoms. The van der Waals surface area contributed by atoms with Gasteiger partial charge >= 0.3 is 0 Å². The Morgan fingerprint density at radius 2 is 0.722 bits per heavy atom. The van der Waals surface area contributed by atoms with Gasteiger partial charge in [-0.1, -0.05) is 24.3 Å². The van der Waals surface area contributed by atoms with E-state index < -0.39 is 0 Å². The molecule has 0 saturated carbocycles. The van der Waals surface area contributed by atoms with Crippen LogP contribution in [0.5, 0.6) is 0 Å². The van der Waals surface area contributed by atoms with E-state index in [-0.39, 0.29) is 0 Å². The lowest BCUT2D eigenvalue weighted by Gasteiger charge is -1.99. The summed E-state index contributed by atoms with van der Waals surface area (Å²) >= 11 is 7.62. The first-order valence-electron chi connectivity index (χ1n) is 5.54. The van der Waals surface area contributed by atoms with E-state index in [0.29, 0.717) is 0 Å². The third-order valence-electron chi connectivity index (χ3n) is 2.68. The van der Waals surface area contributed by atoms with Gasteiger partial charge in [0.15, 0.2) is 0 Å². The molecule has 0 aliphatic carbocycles. The van der Waals surface area contributed by atoms with Gasteiger partial charge in [-0.15, -0.1) is 45.3 Å². The molecule has 2 aliphatic rings. The summed E-state index contributed by atoms with van der Waals surface area (Å²) in [6, 6.07) is 17.3. The molecule has 0 aromatic heterocycles. The van der Waals surface area contributed by atoms with E-state index in [1.54, 1.807) is 0 Å². The van der Waals surface area contributed by atoms with Crippen molar-refractivity contribution in [2.24, 2.45) is 0 Å². The first kappa shape index (κ1) is 10.9. The summed E-state index contributed by atoms with van der Waals surface area (Å²) < 4.78 is 8.40. The largest absolute Gasteiger partial charge is 0.122 e. The Balaban J connectivity index is 2.26. The molecule has 0 saturated heterocycles. The van der Waals surface area contributed by atoms with Gasteiger partial charge in [-0.3, -0.25) is 0 Å². The Labute approximate surface area is 120 Å². The van der Waals surface area contributed by atoms with Crippen LogP contribution >= 0.6 is 45.3 Å². The maximum atomic E-state index is 2.21. The Morgan fingerprint density at radius 1 is 0.444 bits per heavy atom. The van der Waals surface area contributed by atoms with Crippen LogP contribution in [0.15, 0.2) is 48.5 Å². The van der Waals surface area contributed by atoms with Crippen molar-refractivity contribution in [2.45, 2.75) is 0 Å². The second-order valence-electron chi connectivity index (χ2n) is 3.88. The van der Waals surface area contributed by atoms with Gasteiger partial charge in [0.1, 0.15) is 7.69 Å². The standard InChI is InChI=1S/C14H8S4/c1-2-6-10-9(5-1)15-13-14(16-10)18-12-8-4-3-7-11(12)17-13/h1-8H. The maximum absolute atomic E-state index is 2.21. The smallest absolute Gasteiger partial charge is 0.108 e. The average Bonchev–Trinajstić information content (AvgIpc) is 2.42. The molecule has 2 aliphatic heterocycles. The topological polar surface area (TPSA) is 0 Å². The van der Waals surface area contributed by atoms with E-state index in [0.717, 1.165) is 0 Å². The zero-order chi connectivity index (χ0) is 11.9. The highest BCUT2D eigenvalue weighted by Crippen LogP contribution is 2.33. The van der Waals surface area contributed by atoms with Gasteiger partial charge in [0.2, 0.25) is 0 Å². The van der Waals surface area contributed by atoms with Crippen LogP contribution in [-0.4, -0.2) is 0 Å². The fraction of sp³-hybridized carbons (Fsp3) is 0. The molecule has 0 nitrogen and oxygen atoms in total. The van der Waals surface area contributed by atoms with Gasteiger partial charge in [-0.05, 0) is 24.3 Å². The average molecular weight is 304 g/mol. The Hall–Kier alpha value is -0.940. The SMILES string of the molecule is c1ccc2sc3sc4ccccc4sc=3sc2c1. The van der Waals surface area contributed by atoms with Gasteiger partial charge in [-0.25, -0.2) is 0 Å². The number of rotatable bonds is 0. The molecular formula is C14H8S4. The van der Waals surface area contributed by atoms with Crippen LogP contribution in [0.25, 0.3) is 18.8 Å². The van der Waals surface area contributed by atoms with Crippen molar-refractivity contribution in [1.29, 1.82) is 0 Å². The molecule has 4 heteroatoms. The predicted molar refractivity (Wildman–Crippen MR) is 85.9 cm³/mol. The van der Waals surface area contributed by atoms with E-state index in [4.69, 9.17) is 0 Å². The normalized spacial score (nSPS) is 11.3. The van der Waals surface area contributed by atoms with Crippen molar-refractivity contribution in [3.05, 3.63) is 56.2 Å². The van der Waals surface area contributed by atoms with Crippen LogP contribution in [0.2, 0.25) is 0 Å². The molecule has 0 spiro atoms.